The summed E-state index contributed by atoms with van der Waals surface area (Å²) < 4.78 is 9.87. The maximum absolute atomic E-state index is 11.2. The topological polar surface area (TPSA) is 76.2 Å². The second kappa shape index (κ2) is 4.41. The molecule has 0 amide bonds. The maximum atomic E-state index is 11.2. The van der Waals surface area contributed by atoms with E-state index in [0.717, 1.165) is 6.54 Å². The van der Waals surface area contributed by atoms with Gasteiger partial charge in [-0.25, -0.2) is 9.78 Å². The molecular weight excluding hydrogens is 198 g/mol. The smallest absolute Gasteiger partial charge is 0.356 e. The lowest BCUT2D eigenvalue weighted by molar-refractivity contribution is 0.0592. The van der Waals surface area contributed by atoms with Gasteiger partial charge in [0, 0.05) is 6.54 Å². The minimum atomic E-state index is -0.412. The first-order chi connectivity index (χ1) is 7.31. The van der Waals surface area contributed by atoms with Crippen LogP contribution in [-0.4, -0.2) is 42.8 Å². The van der Waals surface area contributed by atoms with Gasteiger partial charge < -0.3 is 19.8 Å². The van der Waals surface area contributed by atoms with Gasteiger partial charge in [0.05, 0.1) is 32.6 Å². The van der Waals surface area contributed by atoms with E-state index in [1.54, 1.807) is 0 Å². The van der Waals surface area contributed by atoms with E-state index in [0.29, 0.717) is 24.7 Å². The second-order valence-corrected chi connectivity index (χ2v) is 3.26. The predicted molar refractivity (Wildman–Crippen MR) is 51.5 cm³/mol. The van der Waals surface area contributed by atoms with Gasteiger partial charge in [-0.15, -0.1) is 0 Å². The molecular formula is C9H13N3O3. The van der Waals surface area contributed by atoms with Crippen molar-refractivity contribution in [2.75, 3.05) is 26.9 Å². The largest absolute Gasteiger partial charge is 0.464 e. The quantitative estimate of drug-likeness (QED) is 0.666. The first-order valence-corrected chi connectivity index (χ1v) is 4.75. The second-order valence-electron chi connectivity index (χ2n) is 3.26. The van der Waals surface area contributed by atoms with Gasteiger partial charge >= 0.3 is 5.97 Å². The number of morpholine rings is 1. The standard InChI is InChI=1S/C9H13N3O3/c1-14-9(13)6-4-11-8(12-6)7-5-15-3-2-10-7/h4,7,10H,2-3,5H2,1H3,(H,11,12). The molecule has 1 aromatic rings. The van der Waals surface area contributed by atoms with Crippen LogP contribution in [0.1, 0.15) is 22.4 Å². The van der Waals surface area contributed by atoms with Gasteiger partial charge in [-0.2, -0.15) is 0 Å². The fourth-order valence-corrected chi connectivity index (χ4v) is 1.47. The van der Waals surface area contributed by atoms with Crippen molar-refractivity contribution in [1.29, 1.82) is 0 Å². The fraction of sp³-hybridized carbons (Fsp3) is 0.556. The summed E-state index contributed by atoms with van der Waals surface area (Å²) in [7, 11) is 1.34. The van der Waals surface area contributed by atoms with Crippen LogP contribution in [0.3, 0.4) is 0 Å². The molecule has 15 heavy (non-hydrogen) atoms. The van der Waals surface area contributed by atoms with Crippen molar-refractivity contribution in [2.24, 2.45) is 0 Å². The summed E-state index contributed by atoms with van der Waals surface area (Å²) >= 11 is 0. The number of ether oxygens (including phenoxy) is 2. The molecule has 1 atom stereocenters. The van der Waals surface area contributed by atoms with Crippen molar-refractivity contribution in [3.63, 3.8) is 0 Å². The molecule has 2 heterocycles. The number of hydrogen-bond acceptors (Lipinski definition) is 5. The van der Waals surface area contributed by atoms with Gasteiger partial charge in [0.15, 0.2) is 0 Å². The van der Waals surface area contributed by atoms with Gasteiger partial charge in [0.2, 0.25) is 0 Å². The first-order valence-electron chi connectivity index (χ1n) is 4.75. The molecule has 1 aliphatic rings. The highest BCUT2D eigenvalue weighted by molar-refractivity contribution is 5.86. The summed E-state index contributed by atoms with van der Waals surface area (Å²) in [5, 5.41) is 3.23. The van der Waals surface area contributed by atoms with E-state index in [1.165, 1.54) is 13.3 Å². The molecule has 1 unspecified atom stereocenters. The molecule has 82 valence electrons. The van der Waals surface area contributed by atoms with Crippen LogP contribution in [0.5, 0.6) is 0 Å². The lowest BCUT2D eigenvalue weighted by Gasteiger charge is -2.21. The van der Waals surface area contributed by atoms with Crippen LogP contribution in [0.2, 0.25) is 0 Å². The van der Waals surface area contributed by atoms with E-state index >= 15 is 0 Å². The Bertz CT molecular complexity index is 344. The number of aromatic nitrogens is 2. The first kappa shape index (κ1) is 10.1. The number of rotatable bonds is 2. The van der Waals surface area contributed by atoms with E-state index in [-0.39, 0.29) is 6.04 Å². The van der Waals surface area contributed by atoms with E-state index in [1.807, 2.05) is 0 Å². The van der Waals surface area contributed by atoms with Crippen LogP contribution < -0.4 is 5.32 Å². The highest BCUT2D eigenvalue weighted by atomic mass is 16.5. The van der Waals surface area contributed by atoms with Crippen LogP contribution >= 0.6 is 0 Å². The van der Waals surface area contributed by atoms with Gasteiger partial charge in [-0.1, -0.05) is 0 Å². The Morgan fingerprint density at radius 3 is 3.27 bits per heavy atom. The third kappa shape index (κ3) is 2.16. The van der Waals surface area contributed by atoms with Crippen LogP contribution in [0.4, 0.5) is 0 Å². The number of carbonyl (C=O) groups is 1. The van der Waals surface area contributed by atoms with Crippen LogP contribution in [0.25, 0.3) is 0 Å². The minimum absolute atomic E-state index is 0.0251. The molecule has 0 saturated carbocycles. The number of imidazole rings is 1. The molecule has 1 aromatic heterocycles. The summed E-state index contributed by atoms with van der Waals surface area (Å²) in [4.78, 5) is 18.2. The number of nitrogens with one attached hydrogen (secondary N) is 2. The Morgan fingerprint density at radius 1 is 1.73 bits per heavy atom. The normalized spacial score (nSPS) is 21.3. The molecule has 0 radical (unpaired) electrons. The highest BCUT2D eigenvalue weighted by Gasteiger charge is 2.19. The zero-order chi connectivity index (χ0) is 10.7. The monoisotopic (exact) mass is 211 g/mol. The van der Waals surface area contributed by atoms with Crippen molar-refractivity contribution >= 4 is 5.97 Å². The number of carbonyl (C=O) groups excluding carboxylic acids is 1. The molecule has 0 aromatic carbocycles. The zero-order valence-electron chi connectivity index (χ0n) is 8.45. The highest BCUT2D eigenvalue weighted by Crippen LogP contribution is 2.12. The van der Waals surface area contributed by atoms with Crippen molar-refractivity contribution in [2.45, 2.75) is 6.04 Å². The Labute approximate surface area is 87.0 Å². The number of hydrogen-bond donors (Lipinski definition) is 2. The van der Waals surface area contributed by atoms with E-state index in [2.05, 4.69) is 20.0 Å². The minimum Gasteiger partial charge on any atom is -0.464 e. The Balaban J connectivity index is 2.08. The average molecular weight is 211 g/mol. The van der Waals surface area contributed by atoms with Gasteiger partial charge in [-0.3, -0.25) is 0 Å². The van der Waals surface area contributed by atoms with Crippen molar-refractivity contribution in [1.82, 2.24) is 15.3 Å². The lowest BCUT2D eigenvalue weighted by Crippen LogP contribution is -2.35. The van der Waals surface area contributed by atoms with E-state index in [9.17, 15) is 4.79 Å². The molecule has 1 fully saturated rings. The number of esters is 1. The van der Waals surface area contributed by atoms with Crippen molar-refractivity contribution in [3.05, 3.63) is 17.7 Å². The predicted octanol–water partition coefficient (Wildman–Crippen LogP) is -0.143. The SMILES string of the molecule is COC(=O)c1cnc(C2COCCN2)[nH]1. The van der Waals surface area contributed by atoms with E-state index in [4.69, 9.17) is 4.74 Å². The Kier molecular flexibility index (Phi) is 2.98. The zero-order valence-corrected chi connectivity index (χ0v) is 8.45. The summed E-state index contributed by atoms with van der Waals surface area (Å²) in [6.07, 6.45) is 1.47. The number of H-pyrrole nitrogens is 1. The molecule has 0 aliphatic carbocycles. The molecule has 6 heteroatoms. The third-order valence-corrected chi connectivity index (χ3v) is 2.25. The summed E-state index contributed by atoms with van der Waals surface area (Å²) in [6.45, 7) is 2.06. The van der Waals surface area contributed by atoms with Crippen LogP contribution in [-0.2, 0) is 9.47 Å². The molecule has 6 nitrogen and oxygen atoms in total. The Hall–Kier alpha value is -1.40. The van der Waals surface area contributed by atoms with Crippen molar-refractivity contribution in [3.8, 4) is 0 Å². The molecule has 2 N–H and O–H groups in total. The molecule has 0 spiro atoms. The number of nitrogens with zero attached hydrogens (tertiary/aromatic N) is 1. The fourth-order valence-electron chi connectivity index (χ4n) is 1.47. The molecule has 0 bridgehead atoms. The summed E-state index contributed by atoms with van der Waals surface area (Å²) in [5.41, 5.74) is 0.361. The number of methoxy groups -OCH3 is 1. The molecule has 1 aliphatic heterocycles. The van der Waals surface area contributed by atoms with Crippen molar-refractivity contribution < 1.29 is 14.3 Å². The maximum Gasteiger partial charge on any atom is 0.356 e. The van der Waals surface area contributed by atoms with Crippen LogP contribution in [0, 0.1) is 0 Å². The van der Waals surface area contributed by atoms with Gasteiger partial charge in [0.25, 0.3) is 0 Å². The van der Waals surface area contributed by atoms with Gasteiger partial charge in [-0.05, 0) is 0 Å². The lowest BCUT2D eigenvalue weighted by atomic mass is 10.2. The molecule has 2 rings (SSSR count). The summed E-state index contributed by atoms with van der Waals surface area (Å²) in [6, 6.07) is 0.0251. The number of aromatic amines is 1. The average Bonchev–Trinajstić information content (AvgIpc) is 2.78. The third-order valence-electron chi connectivity index (χ3n) is 2.25. The summed E-state index contributed by atoms with van der Waals surface area (Å²) in [5.74, 6) is 0.292. The van der Waals surface area contributed by atoms with Gasteiger partial charge in [0.1, 0.15) is 11.5 Å². The van der Waals surface area contributed by atoms with Crippen LogP contribution in [0.15, 0.2) is 6.20 Å². The molecule has 1 saturated heterocycles. The Morgan fingerprint density at radius 2 is 2.60 bits per heavy atom. The van der Waals surface area contributed by atoms with E-state index < -0.39 is 5.97 Å².